The Balaban J connectivity index is 1.80. The van der Waals surface area contributed by atoms with Gasteiger partial charge in [-0.25, -0.2) is 0 Å². The summed E-state index contributed by atoms with van der Waals surface area (Å²) in [6.07, 6.45) is 2.19. The molecule has 0 N–H and O–H groups in total. The van der Waals surface area contributed by atoms with Crippen LogP contribution >= 0.6 is 11.6 Å². The molecule has 0 bridgehead atoms. The lowest BCUT2D eigenvalue weighted by Gasteiger charge is -2.14. The van der Waals surface area contributed by atoms with E-state index in [2.05, 4.69) is 43.3 Å². The number of halogens is 1. The fourth-order valence-corrected chi connectivity index (χ4v) is 3.54. The Morgan fingerprint density at radius 3 is 1.86 bits per heavy atom. The summed E-state index contributed by atoms with van der Waals surface area (Å²) >= 11 is 6.87. The van der Waals surface area contributed by atoms with Crippen LogP contribution in [0, 0.1) is 0 Å². The maximum atomic E-state index is 6.87. The van der Waals surface area contributed by atoms with E-state index in [1.54, 1.807) is 0 Å². The Morgan fingerprint density at radius 1 is 0.724 bits per heavy atom. The zero-order chi connectivity index (χ0) is 20.5. The molecule has 0 aliphatic heterocycles. The van der Waals surface area contributed by atoms with Gasteiger partial charge in [-0.15, -0.1) is 0 Å². The third-order valence-electron chi connectivity index (χ3n) is 4.72. The quantitative estimate of drug-likeness (QED) is 0.295. The molecule has 3 aromatic rings. The van der Waals surface area contributed by atoms with E-state index < -0.39 is 0 Å². The SMILES string of the molecule is CN(C)CCCCOc1ccc(C(=C(Cl)c2ccccc2)c2ccccc2)cc1. The van der Waals surface area contributed by atoms with Gasteiger partial charge < -0.3 is 9.64 Å². The third-order valence-corrected chi connectivity index (χ3v) is 5.13. The number of hydrogen-bond donors (Lipinski definition) is 0. The maximum Gasteiger partial charge on any atom is 0.119 e. The molecule has 0 radical (unpaired) electrons. The van der Waals surface area contributed by atoms with Gasteiger partial charge in [0.1, 0.15) is 5.75 Å². The molecular weight excluding hydrogens is 378 g/mol. The molecule has 0 atom stereocenters. The molecule has 0 aliphatic carbocycles. The smallest absolute Gasteiger partial charge is 0.119 e. The average molecular weight is 406 g/mol. The summed E-state index contributed by atoms with van der Waals surface area (Å²) < 4.78 is 5.91. The molecule has 0 spiro atoms. The van der Waals surface area contributed by atoms with Crippen LogP contribution in [0.2, 0.25) is 0 Å². The lowest BCUT2D eigenvalue weighted by atomic mass is 9.95. The number of ether oxygens (including phenoxy) is 1. The predicted octanol–water partition coefficient (Wildman–Crippen LogP) is 6.56. The Hall–Kier alpha value is -2.55. The minimum absolute atomic E-state index is 0.735. The van der Waals surface area contributed by atoms with Gasteiger partial charge in [-0.05, 0) is 62.3 Å². The maximum absolute atomic E-state index is 6.87. The van der Waals surface area contributed by atoms with E-state index in [-0.39, 0.29) is 0 Å². The van der Waals surface area contributed by atoms with E-state index in [1.165, 1.54) is 0 Å². The molecule has 3 aromatic carbocycles. The molecule has 0 heterocycles. The van der Waals surface area contributed by atoms with Crippen molar-refractivity contribution in [3.05, 3.63) is 102 Å². The van der Waals surface area contributed by atoms with Crippen molar-refractivity contribution in [1.29, 1.82) is 0 Å². The van der Waals surface area contributed by atoms with Gasteiger partial charge >= 0.3 is 0 Å². The molecule has 3 heteroatoms. The highest BCUT2D eigenvalue weighted by Gasteiger charge is 2.12. The average Bonchev–Trinajstić information content (AvgIpc) is 2.76. The summed E-state index contributed by atoms with van der Waals surface area (Å²) in [6, 6.07) is 28.6. The van der Waals surface area contributed by atoms with Crippen molar-refractivity contribution in [3.8, 4) is 5.75 Å². The number of nitrogens with zero attached hydrogens (tertiary/aromatic N) is 1. The van der Waals surface area contributed by atoms with Gasteiger partial charge in [0.15, 0.2) is 0 Å². The van der Waals surface area contributed by atoms with Crippen LogP contribution in [-0.4, -0.2) is 32.1 Å². The first-order chi connectivity index (χ1) is 14.1. The highest BCUT2D eigenvalue weighted by atomic mass is 35.5. The van der Waals surface area contributed by atoms with Crippen molar-refractivity contribution in [2.24, 2.45) is 0 Å². The Labute approximate surface area is 179 Å². The van der Waals surface area contributed by atoms with Crippen molar-refractivity contribution < 1.29 is 4.74 Å². The van der Waals surface area contributed by atoms with Crippen LogP contribution in [0.5, 0.6) is 5.75 Å². The standard InChI is InChI=1S/C26H28ClNO/c1-28(2)19-9-10-20-29-24-17-15-22(16-18-24)25(21-11-5-3-6-12-21)26(27)23-13-7-4-8-14-23/h3-8,11-18H,9-10,19-20H2,1-2H3. The second kappa shape index (κ2) is 10.8. The summed E-state index contributed by atoms with van der Waals surface area (Å²) in [7, 11) is 4.19. The summed E-state index contributed by atoms with van der Waals surface area (Å²) in [5.41, 5.74) is 4.20. The molecule has 0 aliphatic rings. The zero-order valence-electron chi connectivity index (χ0n) is 17.1. The van der Waals surface area contributed by atoms with Gasteiger partial charge in [0.05, 0.1) is 11.6 Å². The van der Waals surface area contributed by atoms with Crippen molar-refractivity contribution in [2.75, 3.05) is 27.2 Å². The van der Waals surface area contributed by atoms with Crippen molar-refractivity contribution in [2.45, 2.75) is 12.8 Å². The fraction of sp³-hybridized carbons (Fsp3) is 0.231. The Kier molecular flexibility index (Phi) is 7.92. The summed E-state index contributed by atoms with van der Waals surface area (Å²) in [5, 5.41) is 0.745. The zero-order valence-corrected chi connectivity index (χ0v) is 17.9. The summed E-state index contributed by atoms with van der Waals surface area (Å²) in [5.74, 6) is 0.891. The largest absolute Gasteiger partial charge is 0.494 e. The molecule has 0 fully saturated rings. The van der Waals surface area contributed by atoms with Gasteiger partial charge in [-0.2, -0.15) is 0 Å². The van der Waals surface area contributed by atoms with Crippen molar-refractivity contribution in [3.63, 3.8) is 0 Å². The molecule has 0 aromatic heterocycles. The van der Waals surface area contributed by atoms with Crippen LogP contribution in [0.4, 0.5) is 0 Å². The minimum atomic E-state index is 0.735. The molecule has 0 unspecified atom stereocenters. The molecule has 29 heavy (non-hydrogen) atoms. The molecule has 0 saturated heterocycles. The van der Waals surface area contributed by atoms with E-state index in [4.69, 9.17) is 16.3 Å². The fourth-order valence-electron chi connectivity index (χ4n) is 3.19. The van der Waals surface area contributed by atoms with Crippen LogP contribution < -0.4 is 4.74 Å². The summed E-state index contributed by atoms with van der Waals surface area (Å²) in [4.78, 5) is 2.20. The van der Waals surface area contributed by atoms with Gasteiger partial charge in [-0.3, -0.25) is 0 Å². The van der Waals surface area contributed by atoms with Gasteiger partial charge in [-0.1, -0.05) is 84.4 Å². The first kappa shape index (κ1) is 21.2. The van der Waals surface area contributed by atoms with Crippen molar-refractivity contribution >= 4 is 22.2 Å². The molecule has 2 nitrogen and oxygen atoms in total. The number of rotatable bonds is 9. The molecule has 0 amide bonds. The van der Waals surface area contributed by atoms with E-state index in [0.29, 0.717) is 0 Å². The lowest BCUT2D eigenvalue weighted by molar-refractivity contribution is 0.293. The van der Waals surface area contributed by atoms with Crippen LogP contribution in [0.3, 0.4) is 0 Å². The van der Waals surface area contributed by atoms with Crippen LogP contribution in [0.1, 0.15) is 29.5 Å². The van der Waals surface area contributed by atoms with Crippen LogP contribution in [0.25, 0.3) is 10.6 Å². The van der Waals surface area contributed by atoms with Gasteiger partial charge in [0.2, 0.25) is 0 Å². The Bertz CT molecular complexity index is 902. The molecule has 0 saturated carbocycles. The predicted molar refractivity (Wildman–Crippen MR) is 124 cm³/mol. The topological polar surface area (TPSA) is 12.5 Å². The van der Waals surface area contributed by atoms with E-state index in [9.17, 15) is 0 Å². The summed E-state index contributed by atoms with van der Waals surface area (Å²) in [6.45, 7) is 1.82. The third kappa shape index (κ3) is 6.22. The second-order valence-corrected chi connectivity index (χ2v) is 7.68. The van der Waals surface area contributed by atoms with Gasteiger partial charge in [0, 0.05) is 5.57 Å². The first-order valence-corrected chi connectivity index (χ1v) is 10.4. The molecule has 3 rings (SSSR count). The first-order valence-electron chi connectivity index (χ1n) is 10.0. The number of unbranched alkanes of at least 4 members (excludes halogenated alkanes) is 1. The minimum Gasteiger partial charge on any atom is -0.494 e. The number of hydrogen-bond acceptors (Lipinski definition) is 2. The van der Waals surface area contributed by atoms with Crippen molar-refractivity contribution in [1.82, 2.24) is 4.90 Å². The van der Waals surface area contributed by atoms with Crippen LogP contribution in [-0.2, 0) is 0 Å². The molecular formula is C26H28ClNO. The second-order valence-electron chi connectivity index (χ2n) is 7.30. The van der Waals surface area contributed by atoms with E-state index >= 15 is 0 Å². The van der Waals surface area contributed by atoms with E-state index in [1.807, 2.05) is 60.7 Å². The van der Waals surface area contributed by atoms with E-state index in [0.717, 1.165) is 59.0 Å². The highest BCUT2D eigenvalue weighted by molar-refractivity contribution is 6.53. The van der Waals surface area contributed by atoms with Crippen LogP contribution in [0.15, 0.2) is 84.9 Å². The monoisotopic (exact) mass is 405 g/mol. The number of benzene rings is 3. The molecule has 150 valence electrons. The highest BCUT2D eigenvalue weighted by Crippen LogP contribution is 2.35. The van der Waals surface area contributed by atoms with Gasteiger partial charge in [0.25, 0.3) is 0 Å². The Morgan fingerprint density at radius 2 is 1.28 bits per heavy atom. The lowest BCUT2D eigenvalue weighted by Crippen LogP contribution is -2.13. The normalized spacial score (nSPS) is 12.0.